The number of nitrogens with zero attached hydrogens (tertiary/aromatic N) is 1. The molecule has 5 heteroatoms. The van der Waals surface area contributed by atoms with Gasteiger partial charge in [0.25, 0.3) is 5.91 Å². The molecule has 2 rings (SSSR count). The van der Waals surface area contributed by atoms with E-state index in [2.05, 4.69) is 31.6 Å². The van der Waals surface area contributed by atoms with E-state index in [4.69, 9.17) is 0 Å². The van der Waals surface area contributed by atoms with Gasteiger partial charge in [0.15, 0.2) is 12.0 Å². The van der Waals surface area contributed by atoms with Crippen LogP contribution in [-0.2, 0) is 4.79 Å². The van der Waals surface area contributed by atoms with Crippen LogP contribution in [0.3, 0.4) is 0 Å². The Morgan fingerprint density at radius 1 is 1.39 bits per heavy atom. The molecule has 1 amide bonds. The summed E-state index contributed by atoms with van der Waals surface area (Å²) >= 11 is 3.40. The molecule has 1 aliphatic heterocycles. The fourth-order valence-corrected chi connectivity index (χ4v) is 2.14. The van der Waals surface area contributed by atoms with Gasteiger partial charge < -0.3 is 5.32 Å². The van der Waals surface area contributed by atoms with Crippen LogP contribution in [0.15, 0.2) is 33.7 Å². The molecule has 1 aromatic carbocycles. The van der Waals surface area contributed by atoms with Crippen molar-refractivity contribution in [2.24, 2.45) is 4.99 Å². The molecule has 0 spiro atoms. The fourth-order valence-electron chi connectivity index (χ4n) is 1.73. The van der Waals surface area contributed by atoms with Gasteiger partial charge in [0.1, 0.15) is 0 Å². The third-order valence-electron chi connectivity index (χ3n) is 2.41. The van der Waals surface area contributed by atoms with Gasteiger partial charge in [0.2, 0.25) is 0 Å². The highest BCUT2D eigenvalue weighted by atomic mass is 79.9. The lowest BCUT2D eigenvalue weighted by molar-refractivity contribution is -0.120. The van der Waals surface area contributed by atoms with E-state index < -0.39 is 6.04 Å². The molecule has 1 atom stereocenters. The fraction of sp³-hybridized carbons (Fsp3) is 0.385. The summed E-state index contributed by atoms with van der Waals surface area (Å²) in [5.74, 6) is 0.442. The Bertz CT molecular complexity index is 505. The number of hydrogen-bond acceptors (Lipinski definition) is 3. The smallest absolute Gasteiger partial charge is 0.256 e. The predicted molar refractivity (Wildman–Crippen MR) is 75.3 cm³/mol. The topological polar surface area (TPSA) is 53.5 Å². The number of carbonyl (C=O) groups excluding carboxylic acids is 1. The Labute approximate surface area is 115 Å². The number of aliphatic imine (C=N–C) groups is 1. The monoisotopic (exact) mass is 309 g/mol. The van der Waals surface area contributed by atoms with Gasteiger partial charge in [-0.15, -0.1) is 0 Å². The summed E-state index contributed by atoms with van der Waals surface area (Å²) in [6, 6.07) is 7.17. The zero-order valence-corrected chi connectivity index (χ0v) is 12.2. The molecular formula is C13H16BrN3O. The van der Waals surface area contributed by atoms with Crippen LogP contribution >= 0.6 is 15.9 Å². The summed E-state index contributed by atoms with van der Waals surface area (Å²) in [7, 11) is 0. The highest BCUT2D eigenvalue weighted by Gasteiger charge is 2.29. The maximum atomic E-state index is 11.9. The SMILES string of the molecule is CC(C)(C)NC1=NC(c2cccc(Br)c2)C(=O)N1. The lowest BCUT2D eigenvalue weighted by atomic mass is 10.1. The van der Waals surface area contributed by atoms with Crippen molar-refractivity contribution in [3.05, 3.63) is 34.3 Å². The summed E-state index contributed by atoms with van der Waals surface area (Å²) in [5.41, 5.74) is 0.755. The molecule has 1 unspecified atom stereocenters. The summed E-state index contributed by atoms with van der Waals surface area (Å²) in [5, 5.41) is 5.93. The van der Waals surface area contributed by atoms with E-state index in [0.717, 1.165) is 10.0 Å². The Balaban J connectivity index is 2.22. The number of rotatable bonds is 1. The van der Waals surface area contributed by atoms with Crippen molar-refractivity contribution in [1.82, 2.24) is 10.6 Å². The van der Waals surface area contributed by atoms with Gasteiger partial charge in [0, 0.05) is 10.0 Å². The van der Waals surface area contributed by atoms with Gasteiger partial charge in [-0.25, -0.2) is 4.99 Å². The van der Waals surface area contributed by atoms with Crippen LogP contribution in [0.4, 0.5) is 0 Å². The Morgan fingerprint density at radius 3 is 2.72 bits per heavy atom. The first kappa shape index (κ1) is 13.1. The number of carbonyl (C=O) groups is 1. The molecular weight excluding hydrogens is 294 g/mol. The summed E-state index contributed by atoms with van der Waals surface area (Å²) < 4.78 is 0.945. The molecule has 96 valence electrons. The van der Waals surface area contributed by atoms with Crippen LogP contribution in [0, 0.1) is 0 Å². The molecule has 4 nitrogen and oxygen atoms in total. The van der Waals surface area contributed by atoms with Crippen LogP contribution in [-0.4, -0.2) is 17.4 Å². The average molecular weight is 310 g/mol. The van der Waals surface area contributed by atoms with Crippen LogP contribution in [0.25, 0.3) is 0 Å². The van der Waals surface area contributed by atoms with Gasteiger partial charge in [-0.3, -0.25) is 10.1 Å². The van der Waals surface area contributed by atoms with E-state index in [-0.39, 0.29) is 11.4 Å². The Kier molecular flexibility index (Phi) is 3.43. The first-order valence-electron chi connectivity index (χ1n) is 5.77. The van der Waals surface area contributed by atoms with E-state index in [1.807, 2.05) is 45.0 Å². The molecule has 0 radical (unpaired) electrons. The first-order chi connectivity index (χ1) is 8.35. The highest BCUT2D eigenvalue weighted by Crippen LogP contribution is 2.24. The van der Waals surface area contributed by atoms with Crippen molar-refractivity contribution in [1.29, 1.82) is 0 Å². The molecule has 1 aliphatic rings. The molecule has 1 heterocycles. The van der Waals surface area contributed by atoms with Gasteiger partial charge in [0.05, 0.1) is 0 Å². The van der Waals surface area contributed by atoms with E-state index >= 15 is 0 Å². The highest BCUT2D eigenvalue weighted by molar-refractivity contribution is 9.10. The zero-order chi connectivity index (χ0) is 13.3. The standard InChI is InChI=1S/C13H16BrN3O/c1-13(2,3)17-12-15-10(11(18)16-12)8-5-4-6-9(14)7-8/h4-7,10H,1-3H3,(H2,15,16,17,18). The van der Waals surface area contributed by atoms with Gasteiger partial charge in [-0.05, 0) is 38.5 Å². The maximum absolute atomic E-state index is 11.9. The number of hydrogen-bond donors (Lipinski definition) is 2. The lowest BCUT2D eigenvalue weighted by Crippen LogP contribution is -2.46. The lowest BCUT2D eigenvalue weighted by Gasteiger charge is -2.21. The second-order valence-electron chi connectivity index (χ2n) is 5.30. The largest absolute Gasteiger partial charge is 0.351 e. The van der Waals surface area contributed by atoms with Crippen molar-refractivity contribution in [3.8, 4) is 0 Å². The van der Waals surface area contributed by atoms with E-state index in [0.29, 0.717) is 5.96 Å². The van der Waals surface area contributed by atoms with Gasteiger partial charge in [-0.1, -0.05) is 28.1 Å². The third-order valence-corrected chi connectivity index (χ3v) is 2.90. The number of halogens is 1. The van der Waals surface area contributed by atoms with Crippen molar-refractivity contribution in [2.75, 3.05) is 0 Å². The molecule has 1 aromatic rings. The molecule has 0 saturated heterocycles. The minimum Gasteiger partial charge on any atom is -0.351 e. The summed E-state index contributed by atoms with van der Waals surface area (Å²) in [4.78, 5) is 16.3. The predicted octanol–water partition coefficient (Wildman–Crippen LogP) is 2.36. The van der Waals surface area contributed by atoms with Crippen LogP contribution < -0.4 is 10.6 Å². The Hall–Kier alpha value is -1.36. The van der Waals surface area contributed by atoms with Crippen molar-refractivity contribution in [2.45, 2.75) is 32.4 Å². The van der Waals surface area contributed by atoms with Gasteiger partial charge >= 0.3 is 0 Å². The second-order valence-corrected chi connectivity index (χ2v) is 6.22. The molecule has 0 fully saturated rings. The van der Waals surface area contributed by atoms with Crippen molar-refractivity contribution >= 4 is 27.8 Å². The quantitative estimate of drug-likeness (QED) is 0.837. The molecule has 18 heavy (non-hydrogen) atoms. The normalized spacial score (nSPS) is 19.4. The first-order valence-corrected chi connectivity index (χ1v) is 6.57. The van der Waals surface area contributed by atoms with E-state index in [1.54, 1.807) is 0 Å². The molecule has 0 aliphatic carbocycles. The van der Waals surface area contributed by atoms with E-state index in [1.165, 1.54) is 0 Å². The third kappa shape index (κ3) is 3.10. The van der Waals surface area contributed by atoms with Crippen molar-refractivity contribution < 1.29 is 4.79 Å². The number of nitrogens with one attached hydrogen (secondary N) is 2. The maximum Gasteiger partial charge on any atom is 0.256 e. The number of guanidine groups is 1. The average Bonchev–Trinajstić information content (AvgIpc) is 2.56. The van der Waals surface area contributed by atoms with Crippen LogP contribution in [0.5, 0.6) is 0 Å². The summed E-state index contributed by atoms with van der Waals surface area (Å²) in [6.07, 6.45) is 0. The molecule has 2 N–H and O–H groups in total. The van der Waals surface area contributed by atoms with Crippen LogP contribution in [0.2, 0.25) is 0 Å². The number of amides is 1. The number of benzene rings is 1. The Morgan fingerprint density at radius 2 is 2.11 bits per heavy atom. The van der Waals surface area contributed by atoms with Crippen LogP contribution in [0.1, 0.15) is 32.4 Å². The molecule has 0 bridgehead atoms. The zero-order valence-electron chi connectivity index (χ0n) is 10.6. The minimum atomic E-state index is -0.465. The molecule has 0 saturated carbocycles. The molecule has 0 aromatic heterocycles. The van der Waals surface area contributed by atoms with E-state index in [9.17, 15) is 4.79 Å². The van der Waals surface area contributed by atoms with Crippen molar-refractivity contribution in [3.63, 3.8) is 0 Å². The van der Waals surface area contributed by atoms with Gasteiger partial charge in [-0.2, -0.15) is 0 Å². The second kappa shape index (κ2) is 4.72. The summed E-state index contributed by atoms with van der Waals surface area (Å²) in [6.45, 7) is 6.07. The minimum absolute atomic E-state index is 0.0974.